The molecule has 0 unspecified atom stereocenters. The summed E-state index contributed by atoms with van der Waals surface area (Å²) in [6.07, 6.45) is 3.37. The Morgan fingerprint density at radius 3 is 2.70 bits per heavy atom. The van der Waals surface area contributed by atoms with Crippen LogP contribution in [0, 0.1) is 0 Å². The molecule has 0 fully saturated rings. The van der Waals surface area contributed by atoms with Gasteiger partial charge in [-0.15, -0.1) is 21.5 Å². The Bertz CT molecular complexity index is 740. The number of aryl methyl sites for hydroxylation is 2. The minimum atomic E-state index is -3.89. The Balaban J connectivity index is 2.16. The normalized spacial score (nSPS) is 15.0. The monoisotopic (exact) mass is 331 g/mol. The molecule has 0 aromatic carbocycles. The first-order valence-corrected chi connectivity index (χ1v) is 9.52. The van der Waals surface area contributed by atoms with Gasteiger partial charge in [-0.25, -0.2) is 8.42 Å². The van der Waals surface area contributed by atoms with E-state index in [0.717, 1.165) is 17.7 Å². The van der Waals surface area contributed by atoms with Crippen molar-refractivity contribution in [2.24, 2.45) is 0 Å². The highest BCUT2D eigenvalue weighted by molar-refractivity contribution is 8.13. The molecule has 0 saturated heterocycles. The van der Waals surface area contributed by atoms with E-state index in [1.54, 1.807) is 15.9 Å². The maximum absolute atomic E-state index is 11.6. The fraction of sp³-hybridized carbons (Fsp3) is 0.500. The average Bonchev–Trinajstić information content (AvgIpc) is 2.99. The molecular formula is C12H14ClN3O2S2. The van der Waals surface area contributed by atoms with Crippen LogP contribution in [0.5, 0.6) is 0 Å². The van der Waals surface area contributed by atoms with Crippen molar-refractivity contribution in [3.63, 3.8) is 0 Å². The van der Waals surface area contributed by atoms with Crippen molar-refractivity contribution in [2.45, 2.75) is 44.3 Å². The quantitative estimate of drug-likeness (QED) is 0.811. The molecule has 0 spiro atoms. The lowest BCUT2D eigenvalue weighted by molar-refractivity contribution is 0.531. The predicted molar refractivity (Wildman–Crippen MR) is 78.8 cm³/mol. The van der Waals surface area contributed by atoms with Gasteiger partial charge in [0.05, 0.1) is 4.88 Å². The first-order valence-electron chi connectivity index (χ1n) is 6.39. The molecule has 2 aromatic rings. The lowest BCUT2D eigenvalue weighted by Crippen LogP contribution is -2.09. The van der Waals surface area contributed by atoms with Crippen molar-refractivity contribution in [3.8, 4) is 10.7 Å². The summed E-state index contributed by atoms with van der Waals surface area (Å²) >= 11 is 1.67. The van der Waals surface area contributed by atoms with Gasteiger partial charge in [-0.2, -0.15) is 0 Å². The van der Waals surface area contributed by atoms with Gasteiger partial charge in [0, 0.05) is 21.6 Å². The van der Waals surface area contributed by atoms with Crippen LogP contribution in [0.3, 0.4) is 0 Å². The molecule has 0 atom stereocenters. The zero-order chi connectivity index (χ0) is 14.5. The first-order chi connectivity index (χ1) is 9.38. The summed E-state index contributed by atoms with van der Waals surface area (Å²) in [5.74, 6) is 0.582. The van der Waals surface area contributed by atoms with Gasteiger partial charge in [-0.3, -0.25) is 4.57 Å². The van der Waals surface area contributed by atoms with E-state index in [4.69, 9.17) is 10.7 Å². The second kappa shape index (κ2) is 4.82. The van der Waals surface area contributed by atoms with E-state index in [1.807, 2.05) is 13.8 Å². The van der Waals surface area contributed by atoms with E-state index in [1.165, 1.54) is 16.9 Å². The third-order valence-corrected chi connectivity index (χ3v) is 5.73. The van der Waals surface area contributed by atoms with Gasteiger partial charge in [-0.05, 0) is 44.7 Å². The average molecular weight is 332 g/mol. The Morgan fingerprint density at radius 2 is 2.10 bits per heavy atom. The van der Waals surface area contributed by atoms with Crippen LogP contribution in [0.2, 0.25) is 0 Å². The van der Waals surface area contributed by atoms with E-state index in [9.17, 15) is 8.42 Å². The number of halogens is 1. The van der Waals surface area contributed by atoms with E-state index in [2.05, 4.69) is 16.3 Å². The van der Waals surface area contributed by atoms with Gasteiger partial charge in [0.2, 0.25) is 0 Å². The molecule has 0 radical (unpaired) electrons. The number of hydrogen-bond donors (Lipinski definition) is 0. The van der Waals surface area contributed by atoms with E-state index in [0.29, 0.717) is 5.82 Å². The number of aromatic nitrogens is 3. The molecule has 2 aromatic heterocycles. The molecule has 1 aliphatic rings. The van der Waals surface area contributed by atoms with Crippen molar-refractivity contribution < 1.29 is 8.42 Å². The standard InChI is InChI=1S/C12H14ClN3O2S2/c1-7(2)16-11(14-15-12(16)20(13,17)18)10-6-8-4-3-5-9(8)19-10/h6-7H,3-5H2,1-2H3. The lowest BCUT2D eigenvalue weighted by Gasteiger charge is -2.11. The molecule has 20 heavy (non-hydrogen) atoms. The van der Waals surface area contributed by atoms with Gasteiger partial charge < -0.3 is 0 Å². The lowest BCUT2D eigenvalue weighted by atomic mass is 10.2. The summed E-state index contributed by atoms with van der Waals surface area (Å²) < 4.78 is 24.8. The Hall–Kier alpha value is -0.920. The predicted octanol–water partition coefficient (Wildman–Crippen LogP) is 3.00. The van der Waals surface area contributed by atoms with Crippen LogP contribution in [-0.2, 0) is 21.9 Å². The van der Waals surface area contributed by atoms with Crippen molar-refractivity contribution in [2.75, 3.05) is 0 Å². The summed E-state index contributed by atoms with van der Waals surface area (Å²) in [7, 11) is 1.54. The summed E-state index contributed by atoms with van der Waals surface area (Å²) in [5, 5.41) is 7.63. The molecule has 0 N–H and O–H groups in total. The van der Waals surface area contributed by atoms with Crippen LogP contribution in [-0.4, -0.2) is 23.2 Å². The van der Waals surface area contributed by atoms with Crippen molar-refractivity contribution in [1.82, 2.24) is 14.8 Å². The van der Waals surface area contributed by atoms with Crippen LogP contribution in [0.4, 0.5) is 0 Å². The molecule has 108 valence electrons. The summed E-state index contributed by atoms with van der Waals surface area (Å²) in [6, 6.07) is 2.01. The number of fused-ring (bicyclic) bond motifs is 1. The maximum atomic E-state index is 11.6. The number of nitrogens with zero attached hydrogens (tertiary/aromatic N) is 3. The molecule has 8 heteroatoms. The topological polar surface area (TPSA) is 64.8 Å². The summed E-state index contributed by atoms with van der Waals surface area (Å²) in [5.41, 5.74) is 1.35. The Kier molecular flexibility index (Phi) is 3.38. The van der Waals surface area contributed by atoms with E-state index in [-0.39, 0.29) is 11.2 Å². The highest BCUT2D eigenvalue weighted by Crippen LogP contribution is 2.37. The minimum Gasteiger partial charge on any atom is -0.294 e. The van der Waals surface area contributed by atoms with Crippen molar-refractivity contribution in [1.29, 1.82) is 0 Å². The highest BCUT2D eigenvalue weighted by Gasteiger charge is 2.27. The second-order valence-corrected chi connectivity index (χ2v) is 8.72. The van der Waals surface area contributed by atoms with Gasteiger partial charge in [0.1, 0.15) is 0 Å². The molecule has 0 amide bonds. The first kappa shape index (κ1) is 14.0. The van der Waals surface area contributed by atoms with Crippen LogP contribution in [0.15, 0.2) is 11.2 Å². The highest BCUT2D eigenvalue weighted by atomic mass is 35.7. The molecule has 5 nitrogen and oxygen atoms in total. The number of thiophene rings is 1. The van der Waals surface area contributed by atoms with Gasteiger partial charge >= 0.3 is 0 Å². The van der Waals surface area contributed by atoms with E-state index >= 15 is 0 Å². The summed E-state index contributed by atoms with van der Waals surface area (Å²) in [4.78, 5) is 2.33. The van der Waals surface area contributed by atoms with Crippen molar-refractivity contribution >= 4 is 31.1 Å². The zero-order valence-corrected chi connectivity index (χ0v) is 13.5. The summed E-state index contributed by atoms with van der Waals surface area (Å²) in [6.45, 7) is 3.78. The fourth-order valence-corrected chi connectivity index (χ4v) is 4.74. The van der Waals surface area contributed by atoms with Crippen LogP contribution < -0.4 is 0 Å². The molecular weight excluding hydrogens is 318 g/mol. The Morgan fingerprint density at radius 1 is 1.35 bits per heavy atom. The smallest absolute Gasteiger partial charge is 0.294 e. The molecule has 0 bridgehead atoms. The molecule has 0 aliphatic heterocycles. The van der Waals surface area contributed by atoms with E-state index < -0.39 is 9.05 Å². The Labute approximate surface area is 126 Å². The largest absolute Gasteiger partial charge is 0.296 e. The van der Waals surface area contributed by atoms with Crippen molar-refractivity contribution in [3.05, 3.63) is 16.5 Å². The molecule has 1 aliphatic carbocycles. The van der Waals surface area contributed by atoms with Gasteiger partial charge in [0.15, 0.2) is 5.82 Å². The number of rotatable bonds is 3. The SMILES string of the molecule is CC(C)n1c(-c2cc3c(s2)CCC3)nnc1S(=O)(=O)Cl. The molecule has 2 heterocycles. The van der Waals surface area contributed by atoms with Gasteiger partial charge in [-0.1, -0.05) is 0 Å². The molecule has 0 saturated carbocycles. The van der Waals surface area contributed by atoms with Crippen LogP contribution >= 0.6 is 22.0 Å². The third-order valence-electron chi connectivity index (χ3n) is 3.37. The van der Waals surface area contributed by atoms with Gasteiger partial charge in [0.25, 0.3) is 14.2 Å². The third kappa shape index (κ3) is 2.27. The maximum Gasteiger partial charge on any atom is 0.296 e. The minimum absolute atomic E-state index is 0.0829. The zero-order valence-electron chi connectivity index (χ0n) is 11.1. The fourth-order valence-electron chi connectivity index (χ4n) is 2.52. The second-order valence-electron chi connectivity index (χ2n) is 5.12. The van der Waals surface area contributed by atoms with Crippen LogP contribution in [0.1, 0.15) is 36.8 Å². The van der Waals surface area contributed by atoms with Crippen LogP contribution in [0.25, 0.3) is 10.7 Å². The molecule has 3 rings (SSSR count). The number of hydrogen-bond acceptors (Lipinski definition) is 5.